The van der Waals surface area contributed by atoms with Gasteiger partial charge in [0.2, 0.25) is 11.8 Å². The van der Waals surface area contributed by atoms with Crippen molar-refractivity contribution in [3.63, 3.8) is 0 Å². The maximum atomic E-state index is 13.9. The molecule has 1 atom stereocenters. The molecule has 2 aromatic heterocycles. The Bertz CT molecular complexity index is 2130. The average Bonchev–Trinajstić information content (AvgIpc) is 3.77. The lowest BCUT2D eigenvalue weighted by Crippen LogP contribution is -2.49. The highest BCUT2D eigenvalue weighted by Crippen LogP contribution is 2.28. The second kappa shape index (κ2) is 16.9. The first-order chi connectivity index (χ1) is 26.3. The van der Waals surface area contributed by atoms with Crippen molar-refractivity contribution in [2.45, 2.75) is 71.6 Å². The smallest absolute Gasteiger partial charge is 0.419 e. The van der Waals surface area contributed by atoms with Crippen LogP contribution in [0.4, 0.5) is 16.2 Å². The minimum absolute atomic E-state index is 0.0887. The minimum atomic E-state index is -1.35. The van der Waals surface area contributed by atoms with E-state index in [0.717, 1.165) is 4.57 Å². The van der Waals surface area contributed by atoms with E-state index in [1.54, 1.807) is 58.6 Å². The van der Waals surface area contributed by atoms with Crippen molar-refractivity contribution in [3.8, 4) is 5.69 Å². The molecule has 1 unspecified atom stereocenters. The van der Waals surface area contributed by atoms with Gasteiger partial charge in [-0.05, 0) is 108 Å². The third kappa shape index (κ3) is 10.7. The highest BCUT2D eigenvalue weighted by atomic mass is 35.5. The average molecular weight is 793 g/mol. The fraction of sp³-hybridized carbons (Fsp3) is 0.432. The predicted molar refractivity (Wildman–Crippen MR) is 205 cm³/mol. The van der Waals surface area contributed by atoms with Crippen LogP contribution in [-0.4, -0.2) is 121 Å². The van der Waals surface area contributed by atoms with Crippen molar-refractivity contribution in [2.75, 3.05) is 43.9 Å². The number of amides is 4. The molecule has 298 valence electrons. The Morgan fingerprint density at radius 1 is 0.857 bits per heavy atom. The Hall–Kier alpha value is -5.88. The van der Waals surface area contributed by atoms with Gasteiger partial charge in [-0.15, -0.1) is 5.10 Å². The van der Waals surface area contributed by atoms with Crippen LogP contribution >= 0.6 is 11.6 Å². The van der Waals surface area contributed by atoms with E-state index in [1.165, 1.54) is 41.3 Å². The van der Waals surface area contributed by atoms with Gasteiger partial charge in [-0.3, -0.25) is 19.2 Å². The lowest BCUT2D eigenvalue weighted by atomic mass is 10.1. The molecule has 0 radical (unpaired) electrons. The van der Waals surface area contributed by atoms with Crippen LogP contribution in [0.1, 0.15) is 64.9 Å². The van der Waals surface area contributed by atoms with E-state index in [4.69, 9.17) is 21.1 Å². The molecule has 4 aromatic rings. The Balaban J connectivity index is 1.39. The topological polar surface area (TPSA) is 212 Å². The standard InChI is InChI=1S/C37H45ClN10O8/c1-36(2,3)55-34(53)29-19-22-18-24(9-12-27(22)48(29)35(54)56-37(4,5)6)40-31(50)25(10-13-30(49)46-16-14-45(7)15-17-46)41-32(51)33(52)42-26-20-23(38)8-11-28(26)47-21-39-43-44-47/h8-9,11-12,18-21,25H,10,13-17H2,1-7H3,(H,40,50)(H,41,51)(H,42,52). The van der Waals surface area contributed by atoms with Gasteiger partial charge >= 0.3 is 23.9 Å². The van der Waals surface area contributed by atoms with E-state index in [9.17, 15) is 28.8 Å². The van der Waals surface area contributed by atoms with Crippen molar-refractivity contribution in [1.82, 2.24) is 39.9 Å². The largest absolute Gasteiger partial charge is 0.455 e. The number of anilines is 2. The van der Waals surface area contributed by atoms with Crippen LogP contribution in [0.15, 0.2) is 48.8 Å². The Kier molecular flexibility index (Phi) is 12.4. The van der Waals surface area contributed by atoms with Gasteiger partial charge in [-0.1, -0.05) is 11.6 Å². The number of tetrazole rings is 1. The van der Waals surface area contributed by atoms with E-state index >= 15 is 0 Å². The Morgan fingerprint density at radius 2 is 1.55 bits per heavy atom. The number of hydrogen-bond acceptors (Lipinski definition) is 12. The number of benzene rings is 2. The summed E-state index contributed by atoms with van der Waals surface area (Å²) in [7, 11) is 1.96. The van der Waals surface area contributed by atoms with Crippen LogP contribution in [0.5, 0.6) is 0 Å². The summed E-state index contributed by atoms with van der Waals surface area (Å²) >= 11 is 6.16. The lowest BCUT2D eigenvalue weighted by Gasteiger charge is -2.32. The van der Waals surface area contributed by atoms with Gasteiger partial charge in [-0.25, -0.2) is 14.2 Å². The predicted octanol–water partition coefficient (Wildman–Crippen LogP) is 3.63. The number of likely N-dealkylation sites (N-methyl/N-ethyl adjacent to an activating group) is 1. The molecule has 18 nitrogen and oxygen atoms in total. The molecule has 0 aliphatic carbocycles. The molecule has 1 fully saturated rings. The molecule has 3 heterocycles. The summed E-state index contributed by atoms with van der Waals surface area (Å²) in [5, 5.41) is 19.3. The second-order valence-electron chi connectivity index (χ2n) is 15.2. The van der Waals surface area contributed by atoms with Crippen molar-refractivity contribution in [2.24, 2.45) is 0 Å². The maximum Gasteiger partial charge on any atom is 0.419 e. The zero-order valence-corrected chi connectivity index (χ0v) is 33.0. The van der Waals surface area contributed by atoms with Crippen LogP contribution < -0.4 is 16.0 Å². The fourth-order valence-corrected chi connectivity index (χ4v) is 5.91. The van der Waals surface area contributed by atoms with Gasteiger partial charge in [0.25, 0.3) is 0 Å². The Morgan fingerprint density at radius 3 is 2.20 bits per heavy atom. The van der Waals surface area contributed by atoms with Crippen molar-refractivity contribution < 1.29 is 38.2 Å². The zero-order valence-electron chi connectivity index (χ0n) is 32.2. The van der Waals surface area contributed by atoms with Crippen LogP contribution in [0.25, 0.3) is 16.6 Å². The number of nitrogens with zero attached hydrogens (tertiary/aromatic N) is 7. The molecule has 3 N–H and O–H groups in total. The minimum Gasteiger partial charge on any atom is -0.455 e. The molecule has 0 spiro atoms. The van der Waals surface area contributed by atoms with Gasteiger partial charge < -0.3 is 35.2 Å². The zero-order chi connectivity index (χ0) is 40.9. The maximum absolute atomic E-state index is 13.9. The van der Waals surface area contributed by atoms with Crippen molar-refractivity contribution in [3.05, 3.63) is 59.5 Å². The monoisotopic (exact) mass is 792 g/mol. The third-order valence-corrected chi connectivity index (χ3v) is 8.62. The van der Waals surface area contributed by atoms with Gasteiger partial charge in [-0.2, -0.15) is 4.68 Å². The SMILES string of the molecule is CN1CCN(C(=O)CCC(NC(=O)C(=O)Nc2cc(Cl)ccc2-n2cnnn2)C(=O)Nc2ccc3c(c2)cc(C(=O)OC(C)(C)C)n3C(=O)OC(C)(C)C)CC1. The first kappa shape index (κ1) is 41.3. The quantitative estimate of drug-likeness (QED) is 0.164. The number of carbonyl (C=O) groups is 6. The molecule has 1 saturated heterocycles. The van der Waals surface area contributed by atoms with Gasteiger partial charge in [0, 0.05) is 48.7 Å². The van der Waals surface area contributed by atoms with Gasteiger partial charge in [0.05, 0.1) is 16.9 Å². The highest BCUT2D eigenvalue weighted by Gasteiger charge is 2.30. The van der Waals surface area contributed by atoms with E-state index in [2.05, 4.69) is 36.4 Å². The molecule has 0 saturated carbocycles. The van der Waals surface area contributed by atoms with E-state index in [-0.39, 0.29) is 40.8 Å². The Labute approximate surface area is 327 Å². The second-order valence-corrected chi connectivity index (χ2v) is 15.7. The third-order valence-electron chi connectivity index (χ3n) is 8.39. The highest BCUT2D eigenvalue weighted by molar-refractivity contribution is 6.40. The molecular weight excluding hydrogens is 748 g/mol. The van der Waals surface area contributed by atoms with Gasteiger partial charge in [0.15, 0.2) is 0 Å². The molecular formula is C37H45ClN10O8. The number of rotatable bonds is 9. The number of fused-ring (bicyclic) bond motifs is 1. The number of nitrogens with one attached hydrogen (secondary N) is 3. The van der Waals surface area contributed by atoms with Crippen LogP contribution in [0, 0.1) is 0 Å². The summed E-state index contributed by atoms with van der Waals surface area (Å²) in [4.78, 5) is 84.0. The molecule has 4 amide bonds. The number of hydrogen-bond donors (Lipinski definition) is 3. The summed E-state index contributed by atoms with van der Waals surface area (Å²) in [5.74, 6) is -3.98. The first-order valence-corrected chi connectivity index (χ1v) is 18.2. The number of piperazine rings is 1. The molecule has 0 bridgehead atoms. The molecule has 1 aliphatic heterocycles. The van der Waals surface area contributed by atoms with Crippen LogP contribution in [-0.2, 0) is 28.7 Å². The van der Waals surface area contributed by atoms with E-state index < -0.39 is 47.0 Å². The van der Waals surface area contributed by atoms with Crippen molar-refractivity contribution in [1.29, 1.82) is 0 Å². The van der Waals surface area contributed by atoms with E-state index in [1.807, 2.05) is 7.05 Å². The van der Waals surface area contributed by atoms with Gasteiger partial charge in [0.1, 0.15) is 29.3 Å². The number of ether oxygens (including phenoxy) is 2. The van der Waals surface area contributed by atoms with Crippen LogP contribution in [0.3, 0.4) is 0 Å². The van der Waals surface area contributed by atoms with E-state index in [0.29, 0.717) is 42.8 Å². The summed E-state index contributed by atoms with van der Waals surface area (Å²) in [5.41, 5.74) is -0.849. The first-order valence-electron chi connectivity index (χ1n) is 17.8. The number of esters is 1. The molecule has 19 heteroatoms. The lowest BCUT2D eigenvalue weighted by molar-refractivity contribution is -0.138. The fourth-order valence-electron chi connectivity index (χ4n) is 5.74. The normalized spacial score (nSPS) is 14.2. The molecule has 5 rings (SSSR count). The molecule has 1 aliphatic rings. The molecule has 2 aromatic carbocycles. The van der Waals surface area contributed by atoms with Crippen molar-refractivity contribution >= 4 is 69.6 Å². The molecule has 56 heavy (non-hydrogen) atoms. The summed E-state index contributed by atoms with van der Waals surface area (Å²) in [6.07, 6.45) is 0.250. The summed E-state index contributed by atoms with van der Waals surface area (Å²) < 4.78 is 13.5. The van der Waals surface area contributed by atoms with Crippen LogP contribution in [0.2, 0.25) is 5.02 Å². The number of carbonyl (C=O) groups excluding carboxylic acids is 6. The number of halogens is 1. The summed E-state index contributed by atoms with van der Waals surface area (Å²) in [6, 6.07) is 9.15. The number of aromatic nitrogens is 5. The summed E-state index contributed by atoms with van der Waals surface area (Å²) in [6.45, 7) is 12.6.